The lowest BCUT2D eigenvalue weighted by molar-refractivity contribution is -0.126. The summed E-state index contributed by atoms with van der Waals surface area (Å²) in [4.78, 5) is 12.7. The van der Waals surface area contributed by atoms with Gasteiger partial charge in [-0.1, -0.05) is 12.1 Å². The smallest absolute Gasteiger partial charge is 0.303 e. The second-order valence-electron chi connectivity index (χ2n) is 7.44. The summed E-state index contributed by atoms with van der Waals surface area (Å²) in [5, 5.41) is 2.90. The summed E-state index contributed by atoms with van der Waals surface area (Å²) in [6.45, 7) is 3.33. The van der Waals surface area contributed by atoms with E-state index in [9.17, 15) is 17.6 Å². The molecule has 2 aromatic rings. The van der Waals surface area contributed by atoms with Crippen molar-refractivity contribution in [1.82, 2.24) is 9.62 Å². The van der Waals surface area contributed by atoms with Crippen LogP contribution in [0.5, 0.6) is 5.75 Å². The van der Waals surface area contributed by atoms with Gasteiger partial charge in [-0.2, -0.15) is 12.7 Å². The Morgan fingerprint density at radius 3 is 2.52 bits per heavy atom. The van der Waals surface area contributed by atoms with E-state index in [4.69, 9.17) is 4.74 Å². The fourth-order valence-corrected chi connectivity index (χ4v) is 4.99. The second-order valence-corrected chi connectivity index (χ2v) is 9.40. The number of carbonyl (C=O) groups excluding carboxylic acids is 1. The minimum atomic E-state index is -3.82. The van der Waals surface area contributed by atoms with Crippen LogP contribution in [0.25, 0.3) is 0 Å². The number of halogens is 1. The average molecular weight is 450 g/mol. The zero-order valence-electron chi connectivity index (χ0n) is 17.8. The monoisotopic (exact) mass is 449 g/mol. The van der Waals surface area contributed by atoms with Gasteiger partial charge in [-0.05, 0) is 61.7 Å². The molecular weight excluding hydrogens is 421 g/mol. The van der Waals surface area contributed by atoms with E-state index in [1.807, 2.05) is 31.2 Å². The summed E-state index contributed by atoms with van der Waals surface area (Å²) in [6.07, 6.45) is 1.22. The number of carbonyl (C=O) groups is 1. The molecule has 3 rings (SSSR count). The standard InChI is InChI=1S/C22H28FN3O4S/c1-3-30-21-12-6-17(7-13-21)15-24-22(27)18-5-4-14-26(16-18)31(28,29)25(2)20-10-8-19(23)9-11-20/h6-13,18H,3-5,14-16H2,1-2H3,(H,24,27)/t18-/m0/s1. The lowest BCUT2D eigenvalue weighted by Crippen LogP contribution is -2.49. The molecular formula is C22H28FN3O4S. The minimum absolute atomic E-state index is 0.114. The van der Waals surface area contributed by atoms with Gasteiger partial charge in [0.2, 0.25) is 5.91 Å². The van der Waals surface area contributed by atoms with Crippen LogP contribution in [0.4, 0.5) is 10.1 Å². The fraction of sp³-hybridized carbons (Fsp3) is 0.409. The number of nitrogens with one attached hydrogen (secondary N) is 1. The van der Waals surface area contributed by atoms with E-state index in [0.717, 1.165) is 15.6 Å². The van der Waals surface area contributed by atoms with E-state index >= 15 is 0 Å². The Hall–Kier alpha value is -2.65. The third kappa shape index (κ3) is 5.74. The zero-order valence-corrected chi connectivity index (χ0v) is 18.6. The topological polar surface area (TPSA) is 79.0 Å². The van der Waals surface area contributed by atoms with Crippen LogP contribution in [-0.4, -0.2) is 45.4 Å². The molecule has 1 saturated heterocycles. The molecule has 0 spiro atoms. The van der Waals surface area contributed by atoms with E-state index < -0.39 is 21.9 Å². The van der Waals surface area contributed by atoms with Crippen molar-refractivity contribution < 1.29 is 22.3 Å². The Morgan fingerprint density at radius 1 is 1.19 bits per heavy atom. The van der Waals surface area contributed by atoms with Gasteiger partial charge >= 0.3 is 10.2 Å². The molecule has 0 aliphatic carbocycles. The lowest BCUT2D eigenvalue weighted by Gasteiger charge is -2.34. The number of nitrogens with zero attached hydrogens (tertiary/aromatic N) is 2. The number of ether oxygens (including phenoxy) is 1. The van der Waals surface area contributed by atoms with Crippen molar-refractivity contribution >= 4 is 21.8 Å². The maximum atomic E-state index is 13.2. The van der Waals surface area contributed by atoms with Crippen molar-refractivity contribution in [3.63, 3.8) is 0 Å². The Bertz CT molecular complexity index is 981. The van der Waals surface area contributed by atoms with Gasteiger partial charge in [0.05, 0.1) is 18.2 Å². The number of amides is 1. The first-order valence-corrected chi connectivity index (χ1v) is 11.7. The number of hydrogen-bond donors (Lipinski definition) is 1. The lowest BCUT2D eigenvalue weighted by atomic mass is 9.99. The van der Waals surface area contributed by atoms with Crippen molar-refractivity contribution in [2.45, 2.75) is 26.3 Å². The van der Waals surface area contributed by atoms with Gasteiger partial charge in [0.1, 0.15) is 11.6 Å². The van der Waals surface area contributed by atoms with Crippen LogP contribution in [0, 0.1) is 11.7 Å². The molecule has 1 aliphatic rings. The van der Waals surface area contributed by atoms with Gasteiger partial charge in [-0.3, -0.25) is 9.10 Å². The molecule has 0 aromatic heterocycles. The van der Waals surface area contributed by atoms with Crippen LogP contribution in [0.15, 0.2) is 48.5 Å². The molecule has 168 valence electrons. The number of rotatable bonds is 8. The maximum absolute atomic E-state index is 13.2. The van der Waals surface area contributed by atoms with Crippen LogP contribution < -0.4 is 14.4 Å². The number of benzene rings is 2. The molecule has 1 aliphatic heterocycles. The van der Waals surface area contributed by atoms with Crippen molar-refractivity contribution in [3.05, 3.63) is 59.9 Å². The van der Waals surface area contributed by atoms with Gasteiger partial charge in [0.15, 0.2) is 0 Å². The van der Waals surface area contributed by atoms with Crippen molar-refractivity contribution in [2.24, 2.45) is 5.92 Å². The molecule has 0 radical (unpaired) electrons. The highest BCUT2D eigenvalue weighted by atomic mass is 32.2. The molecule has 31 heavy (non-hydrogen) atoms. The van der Waals surface area contributed by atoms with Gasteiger partial charge in [-0.15, -0.1) is 0 Å². The molecule has 1 heterocycles. The number of anilines is 1. The predicted molar refractivity (Wildman–Crippen MR) is 117 cm³/mol. The molecule has 9 heteroatoms. The number of hydrogen-bond acceptors (Lipinski definition) is 4. The van der Waals surface area contributed by atoms with E-state index in [1.54, 1.807) is 0 Å². The number of piperidine rings is 1. The fourth-order valence-electron chi connectivity index (χ4n) is 3.53. The highest BCUT2D eigenvalue weighted by Gasteiger charge is 2.34. The van der Waals surface area contributed by atoms with Crippen molar-refractivity contribution in [2.75, 3.05) is 31.0 Å². The van der Waals surface area contributed by atoms with Crippen LogP contribution in [-0.2, 0) is 21.5 Å². The molecule has 1 fully saturated rings. The van der Waals surface area contributed by atoms with Crippen LogP contribution in [0.2, 0.25) is 0 Å². The SMILES string of the molecule is CCOc1ccc(CNC(=O)[C@H]2CCCN(S(=O)(=O)N(C)c3ccc(F)cc3)C2)cc1. The van der Waals surface area contributed by atoms with Gasteiger partial charge in [0, 0.05) is 26.7 Å². The molecule has 0 unspecified atom stereocenters. The Kier molecular flexibility index (Phi) is 7.50. The van der Waals surface area contributed by atoms with E-state index in [-0.39, 0.29) is 12.5 Å². The Balaban J connectivity index is 1.59. The largest absolute Gasteiger partial charge is 0.494 e. The summed E-state index contributed by atoms with van der Waals surface area (Å²) in [6, 6.07) is 12.7. The predicted octanol–water partition coefficient (Wildman–Crippen LogP) is 2.93. The first kappa shape index (κ1) is 23.0. The highest BCUT2D eigenvalue weighted by Crippen LogP contribution is 2.24. The summed E-state index contributed by atoms with van der Waals surface area (Å²) in [7, 11) is -2.39. The first-order chi connectivity index (χ1) is 14.8. The van der Waals surface area contributed by atoms with Crippen LogP contribution >= 0.6 is 0 Å². The summed E-state index contributed by atoms with van der Waals surface area (Å²) < 4.78 is 47.0. The molecule has 1 N–H and O–H groups in total. The molecule has 2 aromatic carbocycles. The zero-order chi connectivity index (χ0) is 22.4. The molecule has 0 saturated carbocycles. The quantitative estimate of drug-likeness (QED) is 0.672. The van der Waals surface area contributed by atoms with Crippen molar-refractivity contribution in [1.29, 1.82) is 0 Å². The maximum Gasteiger partial charge on any atom is 0.303 e. The highest BCUT2D eigenvalue weighted by molar-refractivity contribution is 7.90. The van der Waals surface area contributed by atoms with E-state index in [2.05, 4.69) is 5.32 Å². The van der Waals surface area contributed by atoms with Gasteiger partial charge in [0.25, 0.3) is 0 Å². The molecule has 0 bridgehead atoms. The van der Waals surface area contributed by atoms with Crippen LogP contribution in [0.1, 0.15) is 25.3 Å². The average Bonchev–Trinajstić information content (AvgIpc) is 2.78. The molecule has 1 amide bonds. The minimum Gasteiger partial charge on any atom is -0.494 e. The molecule has 7 nitrogen and oxygen atoms in total. The Labute approximate surface area is 183 Å². The third-order valence-electron chi connectivity index (χ3n) is 5.32. The van der Waals surface area contributed by atoms with Gasteiger partial charge < -0.3 is 10.1 Å². The van der Waals surface area contributed by atoms with Crippen molar-refractivity contribution in [3.8, 4) is 5.75 Å². The normalized spacial score (nSPS) is 17.2. The van der Waals surface area contributed by atoms with E-state index in [1.165, 1.54) is 35.6 Å². The summed E-state index contributed by atoms with van der Waals surface area (Å²) in [5.74, 6) is -0.251. The first-order valence-electron chi connectivity index (χ1n) is 10.3. The summed E-state index contributed by atoms with van der Waals surface area (Å²) >= 11 is 0. The van der Waals surface area contributed by atoms with E-state index in [0.29, 0.717) is 38.2 Å². The second kappa shape index (κ2) is 10.1. The molecule has 1 atom stereocenters. The van der Waals surface area contributed by atoms with Gasteiger partial charge in [-0.25, -0.2) is 4.39 Å². The van der Waals surface area contributed by atoms with Crippen LogP contribution in [0.3, 0.4) is 0 Å². The third-order valence-corrected chi connectivity index (χ3v) is 7.21. The Morgan fingerprint density at radius 2 is 1.87 bits per heavy atom. The summed E-state index contributed by atoms with van der Waals surface area (Å²) in [5.41, 5.74) is 1.30.